The zero-order chi connectivity index (χ0) is 17.1. The number of amides is 1. The van der Waals surface area contributed by atoms with E-state index in [2.05, 4.69) is 20.8 Å². The molecular weight excluding hydrogens is 310 g/mol. The predicted octanol–water partition coefficient (Wildman–Crippen LogP) is 1.38. The van der Waals surface area contributed by atoms with Crippen LogP contribution in [0.3, 0.4) is 0 Å². The number of nitrogens with zero attached hydrogens (tertiary/aromatic N) is 4. The highest BCUT2D eigenvalue weighted by Gasteiger charge is 2.09. The molecule has 1 amide bonds. The summed E-state index contributed by atoms with van der Waals surface area (Å²) in [6, 6.07) is 11.5. The molecule has 3 N–H and O–H groups in total. The molecule has 0 radical (unpaired) electrons. The molecule has 0 unspecified atom stereocenters. The van der Waals surface area contributed by atoms with Crippen molar-refractivity contribution in [3.8, 4) is 11.5 Å². The third-order valence-corrected chi connectivity index (χ3v) is 3.43. The molecule has 0 saturated heterocycles. The van der Waals surface area contributed by atoms with Crippen molar-refractivity contribution >= 4 is 22.7 Å². The Hall–Kier alpha value is -3.42. The predicted molar refractivity (Wildman–Crippen MR) is 87.7 cm³/mol. The largest absolute Gasteiger partial charge is 0.508 e. The van der Waals surface area contributed by atoms with Gasteiger partial charge < -0.3 is 10.2 Å². The summed E-state index contributed by atoms with van der Waals surface area (Å²) < 4.78 is 1.48. The lowest BCUT2D eigenvalue weighted by molar-refractivity contribution is -0.121. The molecule has 0 aliphatic carbocycles. The maximum absolute atomic E-state index is 12.0. The van der Waals surface area contributed by atoms with Gasteiger partial charge >= 0.3 is 0 Å². The number of carbonyl (C=O) groups is 1. The second-order valence-electron chi connectivity index (χ2n) is 5.17. The number of aromatic nitrogens is 3. The summed E-state index contributed by atoms with van der Waals surface area (Å²) in [5.41, 5.74) is 4.70. The number of hydrogen-bond donors (Lipinski definition) is 3. The number of aromatic hydroxyl groups is 2. The summed E-state index contributed by atoms with van der Waals surface area (Å²) in [6.45, 7) is 1.61. The molecule has 3 rings (SSSR count). The number of rotatable bonds is 4. The first-order chi connectivity index (χ1) is 11.5. The van der Waals surface area contributed by atoms with Gasteiger partial charge in [0.05, 0.1) is 11.2 Å². The van der Waals surface area contributed by atoms with Crippen molar-refractivity contribution in [3.05, 3.63) is 48.0 Å². The lowest BCUT2D eigenvalue weighted by Gasteiger charge is -2.06. The molecule has 0 atom stereocenters. The van der Waals surface area contributed by atoms with E-state index in [9.17, 15) is 15.0 Å². The maximum Gasteiger partial charge on any atom is 0.261 e. The van der Waals surface area contributed by atoms with Crippen LogP contribution >= 0.6 is 0 Å². The van der Waals surface area contributed by atoms with Crippen molar-refractivity contribution in [2.24, 2.45) is 5.10 Å². The van der Waals surface area contributed by atoms with Gasteiger partial charge in [0.15, 0.2) is 0 Å². The van der Waals surface area contributed by atoms with Gasteiger partial charge in [0.2, 0.25) is 0 Å². The van der Waals surface area contributed by atoms with Gasteiger partial charge in [-0.15, -0.1) is 5.10 Å². The van der Waals surface area contributed by atoms with Crippen LogP contribution in [0.1, 0.15) is 12.5 Å². The van der Waals surface area contributed by atoms with Gasteiger partial charge in [-0.3, -0.25) is 4.79 Å². The molecule has 8 heteroatoms. The third-order valence-electron chi connectivity index (χ3n) is 3.43. The summed E-state index contributed by atoms with van der Waals surface area (Å²) in [4.78, 5) is 12.0. The summed E-state index contributed by atoms with van der Waals surface area (Å²) in [7, 11) is 0. The van der Waals surface area contributed by atoms with E-state index in [1.165, 1.54) is 22.9 Å². The van der Waals surface area contributed by atoms with Crippen LogP contribution in [0.15, 0.2) is 47.6 Å². The fourth-order valence-corrected chi connectivity index (χ4v) is 2.24. The molecule has 0 aliphatic heterocycles. The quantitative estimate of drug-likeness (QED) is 0.495. The van der Waals surface area contributed by atoms with Crippen LogP contribution in [-0.2, 0) is 11.3 Å². The van der Waals surface area contributed by atoms with E-state index in [-0.39, 0.29) is 24.0 Å². The highest BCUT2D eigenvalue weighted by molar-refractivity contribution is 6.01. The van der Waals surface area contributed by atoms with Gasteiger partial charge in [-0.05, 0) is 31.2 Å². The molecule has 8 nitrogen and oxygen atoms in total. The fourth-order valence-electron chi connectivity index (χ4n) is 2.24. The molecule has 0 spiro atoms. The van der Waals surface area contributed by atoms with Gasteiger partial charge in [0.25, 0.3) is 5.91 Å². The lowest BCUT2D eigenvalue weighted by atomic mass is 10.1. The topological polar surface area (TPSA) is 113 Å². The molecule has 0 bridgehead atoms. The summed E-state index contributed by atoms with van der Waals surface area (Å²) in [5.74, 6) is -0.540. The first kappa shape index (κ1) is 15.5. The Labute approximate surface area is 137 Å². The van der Waals surface area contributed by atoms with Gasteiger partial charge in [0.1, 0.15) is 23.6 Å². The average molecular weight is 325 g/mol. The fraction of sp³-hybridized carbons (Fsp3) is 0.125. The minimum Gasteiger partial charge on any atom is -0.508 e. The molecule has 0 aliphatic rings. The van der Waals surface area contributed by atoms with E-state index in [4.69, 9.17) is 0 Å². The van der Waals surface area contributed by atoms with E-state index in [0.29, 0.717) is 16.8 Å². The minimum absolute atomic E-state index is 0.0289. The second kappa shape index (κ2) is 6.37. The molecular formula is C16H15N5O3. The second-order valence-corrected chi connectivity index (χ2v) is 5.17. The smallest absolute Gasteiger partial charge is 0.261 e. The van der Waals surface area contributed by atoms with Crippen molar-refractivity contribution in [3.63, 3.8) is 0 Å². The molecule has 0 fully saturated rings. The molecule has 24 heavy (non-hydrogen) atoms. The van der Waals surface area contributed by atoms with Crippen LogP contribution < -0.4 is 5.43 Å². The maximum atomic E-state index is 12.0. The molecule has 122 valence electrons. The molecule has 1 aromatic heterocycles. The number of hydrogen-bond acceptors (Lipinski definition) is 6. The van der Waals surface area contributed by atoms with Gasteiger partial charge in [-0.2, -0.15) is 5.10 Å². The first-order valence-electron chi connectivity index (χ1n) is 7.18. The van der Waals surface area contributed by atoms with Gasteiger partial charge in [0, 0.05) is 11.6 Å². The Morgan fingerprint density at radius 3 is 2.83 bits per heavy atom. The van der Waals surface area contributed by atoms with Crippen LogP contribution in [0.5, 0.6) is 11.5 Å². The first-order valence-corrected chi connectivity index (χ1v) is 7.18. The normalized spacial score (nSPS) is 11.6. The van der Waals surface area contributed by atoms with Crippen LogP contribution in [0.2, 0.25) is 0 Å². The Kier molecular flexibility index (Phi) is 4.11. The zero-order valence-electron chi connectivity index (χ0n) is 12.8. The highest BCUT2D eigenvalue weighted by atomic mass is 16.3. The SMILES string of the molecule is C/C(=N/NC(=O)Cn1nnc2ccccc21)c1ccc(O)cc1O. The lowest BCUT2D eigenvalue weighted by Crippen LogP contribution is -2.24. The van der Waals surface area contributed by atoms with Crippen LogP contribution in [0.25, 0.3) is 11.0 Å². The van der Waals surface area contributed by atoms with E-state index < -0.39 is 0 Å². The average Bonchev–Trinajstić information content (AvgIpc) is 2.96. The van der Waals surface area contributed by atoms with E-state index in [0.717, 1.165) is 5.52 Å². The Morgan fingerprint density at radius 1 is 1.25 bits per heavy atom. The number of carbonyl (C=O) groups excluding carboxylic acids is 1. The number of fused-ring (bicyclic) bond motifs is 1. The van der Waals surface area contributed by atoms with Crippen molar-refractivity contribution < 1.29 is 15.0 Å². The third kappa shape index (κ3) is 3.17. The zero-order valence-corrected chi connectivity index (χ0v) is 12.8. The number of phenols is 2. The molecule has 1 heterocycles. The van der Waals surface area contributed by atoms with Crippen molar-refractivity contribution in [1.29, 1.82) is 0 Å². The van der Waals surface area contributed by atoms with Crippen molar-refractivity contribution in [2.45, 2.75) is 13.5 Å². The summed E-state index contributed by atoms with van der Waals surface area (Å²) >= 11 is 0. The van der Waals surface area contributed by atoms with E-state index >= 15 is 0 Å². The number of para-hydroxylation sites is 1. The Balaban J connectivity index is 1.70. The van der Waals surface area contributed by atoms with Crippen molar-refractivity contribution in [1.82, 2.24) is 20.4 Å². The number of phenolic OH excluding ortho intramolecular Hbond substituents is 2. The molecule has 3 aromatic rings. The summed E-state index contributed by atoms with van der Waals surface area (Å²) in [5, 5.41) is 30.9. The highest BCUT2D eigenvalue weighted by Crippen LogP contribution is 2.22. The minimum atomic E-state index is -0.372. The van der Waals surface area contributed by atoms with Gasteiger partial charge in [-0.1, -0.05) is 17.3 Å². The van der Waals surface area contributed by atoms with Crippen LogP contribution in [-0.4, -0.2) is 36.8 Å². The molecule has 2 aromatic carbocycles. The standard InChI is InChI=1S/C16H15N5O3/c1-10(12-7-6-11(22)8-15(12)23)17-19-16(24)9-21-14-5-3-2-4-13(14)18-20-21/h2-8,22-23H,9H2,1H3,(H,19,24)/b17-10-. The van der Waals surface area contributed by atoms with E-state index in [1.54, 1.807) is 6.92 Å². The Bertz CT molecular complexity index is 932. The number of benzene rings is 2. The van der Waals surface area contributed by atoms with Crippen LogP contribution in [0, 0.1) is 0 Å². The number of hydrazone groups is 1. The van der Waals surface area contributed by atoms with Gasteiger partial charge in [-0.25, -0.2) is 10.1 Å². The Morgan fingerprint density at radius 2 is 2.04 bits per heavy atom. The molecule has 0 saturated carbocycles. The van der Waals surface area contributed by atoms with Crippen LogP contribution in [0.4, 0.5) is 0 Å². The van der Waals surface area contributed by atoms with E-state index in [1.807, 2.05) is 24.3 Å². The number of nitrogens with one attached hydrogen (secondary N) is 1. The monoisotopic (exact) mass is 325 g/mol. The summed E-state index contributed by atoms with van der Waals surface area (Å²) in [6.07, 6.45) is 0. The van der Waals surface area contributed by atoms with Crippen molar-refractivity contribution in [2.75, 3.05) is 0 Å².